The molecule has 30 heavy (non-hydrogen) atoms. The average Bonchev–Trinajstić information content (AvgIpc) is 2.74. The van der Waals surface area contributed by atoms with Crippen molar-refractivity contribution in [3.05, 3.63) is 83.6 Å². The van der Waals surface area contributed by atoms with E-state index >= 15 is 0 Å². The molecule has 3 aromatic carbocycles. The molecule has 0 radical (unpaired) electrons. The van der Waals surface area contributed by atoms with Gasteiger partial charge in [-0.3, -0.25) is 9.10 Å². The van der Waals surface area contributed by atoms with Crippen LogP contribution in [0, 0.1) is 5.82 Å². The van der Waals surface area contributed by atoms with Crippen LogP contribution in [0.1, 0.15) is 0 Å². The van der Waals surface area contributed by atoms with E-state index in [1.54, 1.807) is 42.5 Å². The smallest absolute Gasteiger partial charge is 0.264 e. The van der Waals surface area contributed by atoms with Gasteiger partial charge in [0, 0.05) is 10.7 Å². The summed E-state index contributed by atoms with van der Waals surface area (Å²) in [6, 6.07) is 17.2. The SMILES string of the molecule is COc1ccccc1N(CC(=O)Nc1ccc(Cl)cc1)S(=O)(=O)c1ccc(F)cc1. The number of nitrogens with zero attached hydrogens (tertiary/aromatic N) is 1. The molecule has 0 aromatic heterocycles. The van der Waals surface area contributed by atoms with Crippen LogP contribution >= 0.6 is 11.6 Å². The molecule has 0 atom stereocenters. The fraction of sp³-hybridized carbons (Fsp3) is 0.0952. The maximum Gasteiger partial charge on any atom is 0.264 e. The van der Waals surface area contributed by atoms with Crippen LogP contribution in [0.25, 0.3) is 0 Å². The summed E-state index contributed by atoms with van der Waals surface area (Å²) in [6.07, 6.45) is 0. The quantitative estimate of drug-likeness (QED) is 0.584. The van der Waals surface area contributed by atoms with Crippen molar-refractivity contribution in [3.63, 3.8) is 0 Å². The molecular formula is C21H18ClFN2O4S. The number of sulfonamides is 1. The van der Waals surface area contributed by atoms with E-state index in [1.807, 2.05) is 0 Å². The van der Waals surface area contributed by atoms with Gasteiger partial charge in [-0.1, -0.05) is 23.7 Å². The van der Waals surface area contributed by atoms with Crippen molar-refractivity contribution < 1.29 is 22.3 Å². The van der Waals surface area contributed by atoms with Crippen molar-refractivity contribution in [2.45, 2.75) is 4.90 Å². The first-order chi connectivity index (χ1) is 14.3. The number of rotatable bonds is 7. The van der Waals surface area contributed by atoms with Crippen LogP contribution in [0.15, 0.2) is 77.7 Å². The fourth-order valence-corrected chi connectivity index (χ4v) is 4.29. The van der Waals surface area contributed by atoms with E-state index in [2.05, 4.69) is 5.32 Å². The standard InChI is InChI=1S/C21H18ClFN2O4S/c1-29-20-5-3-2-4-19(20)25(30(27,28)18-12-8-16(23)9-13-18)14-21(26)24-17-10-6-15(22)7-11-17/h2-13H,14H2,1H3,(H,24,26). The van der Waals surface area contributed by atoms with Gasteiger partial charge in [-0.05, 0) is 60.7 Å². The summed E-state index contributed by atoms with van der Waals surface area (Å²) >= 11 is 5.84. The number of ether oxygens (including phenoxy) is 1. The van der Waals surface area contributed by atoms with E-state index in [4.69, 9.17) is 16.3 Å². The number of nitrogens with one attached hydrogen (secondary N) is 1. The Morgan fingerprint density at radius 1 is 1.03 bits per heavy atom. The van der Waals surface area contributed by atoms with Gasteiger partial charge in [0.2, 0.25) is 5.91 Å². The Kier molecular flexibility index (Phi) is 6.59. The van der Waals surface area contributed by atoms with E-state index in [1.165, 1.54) is 13.2 Å². The minimum absolute atomic E-state index is 0.158. The lowest BCUT2D eigenvalue weighted by atomic mass is 10.3. The Labute approximate surface area is 178 Å². The number of benzene rings is 3. The van der Waals surface area contributed by atoms with Gasteiger partial charge >= 0.3 is 0 Å². The van der Waals surface area contributed by atoms with Crippen molar-refractivity contribution in [2.75, 3.05) is 23.3 Å². The highest BCUT2D eigenvalue weighted by Crippen LogP contribution is 2.32. The minimum atomic E-state index is -4.19. The highest BCUT2D eigenvalue weighted by atomic mass is 35.5. The molecule has 0 aliphatic carbocycles. The summed E-state index contributed by atoms with van der Waals surface area (Å²) < 4.78 is 46.1. The van der Waals surface area contributed by atoms with Gasteiger partial charge in [0.25, 0.3) is 10.0 Å². The third-order valence-corrected chi connectivity index (χ3v) is 6.20. The third kappa shape index (κ3) is 4.90. The van der Waals surface area contributed by atoms with E-state index in [-0.39, 0.29) is 16.3 Å². The molecule has 0 saturated heterocycles. The van der Waals surface area contributed by atoms with Gasteiger partial charge in [-0.15, -0.1) is 0 Å². The predicted octanol–water partition coefficient (Wildman–Crippen LogP) is 4.32. The van der Waals surface area contributed by atoms with Gasteiger partial charge in [-0.2, -0.15) is 0 Å². The normalized spacial score (nSPS) is 11.0. The van der Waals surface area contributed by atoms with Crippen molar-refractivity contribution in [3.8, 4) is 5.75 Å². The van der Waals surface area contributed by atoms with Crippen LogP contribution in [0.4, 0.5) is 15.8 Å². The highest BCUT2D eigenvalue weighted by molar-refractivity contribution is 7.92. The second-order valence-corrected chi connectivity index (χ2v) is 8.49. The Bertz CT molecular complexity index is 1140. The van der Waals surface area contributed by atoms with Gasteiger partial charge in [0.15, 0.2) is 0 Å². The second kappa shape index (κ2) is 9.15. The van der Waals surface area contributed by atoms with Crippen molar-refractivity contribution >= 4 is 38.9 Å². The number of amides is 1. The zero-order valence-corrected chi connectivity index (χ0v) is 17.5. The number of methoxy groups -OCH3 is 1. The molecule has 3 rings (SSSR count). The van der Waals surface area contributed by atoms with E-state index < -0.39 is 28.3 Å². The van der Waals surface area contributed by atoms with Gasteiger partial charge in [0.1, 0.15) is 18.1 Å². The zero-order valence-electron chi connectivity index (χ0n) is 15.9. The van der Waals surface area contributed by atoms with Crippen LogP contribution in [-0.2, 0) is 14.8 Å². The summed E-state index contributed by atoms with van der Waals surface area (Å²) in [4.78, 5) is 12.5. The lowest BCUT2D eigenvalue weighted by Gasteiger charge is -2.25. The van der Waals surface area contributed by atoms with Crippen molar-refractivity contribution in [1.82, 2.24) is 0 Å². The first-order valence-corrected chi connectivity index (χ1v) is 10.6. The topological polar surface area (TPSA) is 75.7 Å². The van der Waals surface area contributed by atoms with Crippen LogP contribution in [0.5, 0.6) is 5.75 Å². The summed E-state index contributed by atoms with van der Waals surface area (Å²) in [7, 11) is -2.79. The Hall–Kier alpha value is -3.10. The number of para-hydroxylation sites is 2. The summed E-state index contributed by atoms with van der Waals surface area (Å²) in [5, 5.41) is 3.14. The van der Waals surface area contributed by atoms with E-state index in [0.717, 1.165) is 28.6 Å². The summed E-state index contributed by atoms with van der Waals surface area (Å²) in [5.41, 5.74) is 0.638. The minimum Gasteiger partial charge on any atom is -0.495 e. The molecule has 156 valence electrons. The third-order valence-electron chi connectivity index (χ3n) is 4.17. The van der Waals surface area contributed by atoms with Crippen molar-refractivity contribution in [2.24, 2.45) is 0 Å². The first kappa shape index (κ1) is 21.6. The number of carbonyl (C=O) groups excluding carboxylic acids is 1. The zero-order chi connectivity index (χ0) is 21.7. The molecule has 0 bridgehead atoms. The number of anilines is 2. The first-order valence-electron chi connectivity index (χ1n) is 8.78. The molecule has 0 heterocycles. The lowest BCUT2D eigenvalue weighted by molar-refractivity contribution is -0.114. The number of carbonyl (C=O) groups is 1. The Balaban J connectivity index is 1.98. The molecule has 9 heteroatoms. The molecule has 0 spiro atoms. The Morgan fingerprint density at radius 2 is 1.67 bits per heavy atom. The molecule has 6 nitrogen and oxygen atoms in total. The molecule has 0 fully saturated rings. The number of hydrogen-bond donors (Lipinski definition) is 1. The highest BCUT2D eigenvalue weighted by Gasteiger charge is 2.29. The summed E-state index contributed by atoms with van der Waals surface area (Å²) in [6.45, 7) is -0.525. The van der Waals surface area contributed by atoms with Gasteiger partial charge < -0.3 is 10.1 Å². The van der Waals surface area contributed by atoms with Crippen LogP contribution in [0.2, 0.25) is 5.02 Å². The van der Waals surface area contributed by atoms with E-state index in [0.29, 0.717) is 10.7 Å². The molecule has 0 saturated carbocycles. The summed E-state index contributed by atoms with van der Waals surface area (Å²) in [5.74, 6) is -0.880. The fourth-order valence-electron chi connectivity index (χ4n) is 2.73. The molecule has 0 aliphatic rings. The van der Waals surface area contributed by atoms with Gasteiger partial charge in [-0.25, -0.2) is 12.8 Å². The monoisotopic (exact) mass is 448 g/mol. The van der Waals surface area contributed by atoms with Crippen LogP contribution in [0.3, 0.4) is 0 Å². The molecule has 0 aliphatic heterocycles. The molecular weight excluding hydrogens is 431 g/mol. The maximum absolute atomic E-state index is 13.3. The molecule has 0 unspecified atom stereocenters. The van der Waals surface area contributed by atoms with E-state index in [9.17, 15) is 17.6 Å². The molecule has 3 aromatic rings. The van der Waals surface area contributed by atoms with Gasteiger partial charge in [0.05, 0.1) is 17.7 Å². The molecule has 1 amide bonds. The maximum atomic E-state index is 13.3. The number of halogens is 2. The second-order valence-electron chi connectivity index (χ2n) is 6.19. The predicted molar refractivity (Wildman–Crippen MR) is 114 cm³/mol. The molecule has 1 N–H and O–H groups in total. The number of hydrogen-bond acceptors (Lipinski definition) is 4. The lowest BCUT2D eigenvalue weighted by Crippen LogP contribution is -2.38. The largest absolute Gasteiger partial charge is 0.495 e. The van der Waals surface area contributed by atoms with Crippen LogP contribution in [-0.4, -0.2) is 28.0 Å². The average molecular weight is 449 g/mol. The van der Waals surface area contributed by atoms with Crippen LogP contribution < -0.4 is 14.4 Å². The van der Waals surface area contributed by atoms with Crippen molar-refractivity contribution in [1.29, 1.82) is 0 Å². The Morgan fingerprint density at radius 3 is 2.30 bits per heavy atom.